The maximum Gasteiger partial charge on any atom is 0.291 e. The molecule has 0 radical (unpaired) electrons. The van der Waals surface area contributed by atoms with Crippen molar-refractivity contribution in [3.63, 3.8) is 0 Å². The van der Waals surface area contributed by atoms with E-state index in [1.54, 1.807) is 0 Å². The van der Waals surface area contributed by atoms with Crippen LogP contribution in [0.5, 0.6) is 0 Å². The van der Waals surface area contributed by atoms with E-state index in [-0.39, 0.29) is 12.3 Å². The third-order valence-corrected chi connectivity index (χ3v) is 1.13. The summed E-state index contributed by atoms with van der Waals surface area (Å²) in [5.41, 5.74) is 4.78. The van der Waals surface area contributed by atoms with Gasteiger partial charge >= 0.3 is 0 Å². The average Bonchev–Trinajstić information content (AvgIpc) is 1.96. The molecule has 0 rings (SSSR count). The quantitative estimate of drug-likeness (QED) is 0.205. The summed E-state index contributed by atoms with van der Waals surface area (Å²) in [5.74, 6) is -0.354. The standard InChI is InChI=1S/C2H7NO3S.3HNO3/c3-1-2-7(4,5)6;3*2-1(3)4/h1-3H2,(H,4,5,6);3*(H,2,3,4). The van der Waals surface area contributed by atoms with Gasteiger partial charge in [-0.3, -0.25) is 4.55 Å². The van der Waals surface area contributed by atoms with E-state index in [1.807, 2.05) is 0 Å². The molecule has 6 N–H and O–H groups in total. The van der Waals surface area contributed by atoms with Crippen LogP contribution in [0.4, 0.5) is 0 Å². The fraction of sp³-hybridized carbons (Fsp3) is 1.00. The molecule has 0 bridgehead atoms. The van der Waals surface area contributed by atoms with Crippen LogP contribution < -0.4 is 5.73 Å². The Balaban J connectivity index is -0.0000000825. The van der Waals surface area contributed by atoms with Gasteiger partial charge in [0.2, 0.25) is 0 Å². The Morgan fingerprint density at radius 3 is 1.05 bits per heavy atom. The summed E-state index contributed by atoms with van der Waals surface area (Å²) in [6, 6.07) is 0. The Bertz CT molecular complexity index is 308. The summed E-state index contributed by atoms with van der Waals surface area (Å²) in [5, 5.41) is 40.9. The Hall–Kier alpha value is -2.53. The lowest BCUT2D eigenvalue weighted by molar-refractivity contribution is -0.742. The molecule has 0 unspecified atom stereocenters. The molecular weight excluding hydrogens is 304 g/mol. The molecule has 0 atom stereocenters. The van der Waals surface area contributed by atoms with Gasteiger partial charge in [0.15, 0.2) is 0 Å². The van der Waals surface area contributed by atoms with Crippen molar-refractivity contribution in [2.45, 2.75) is 0 Å². The zero-order chi connectivity index (χ0) is 16.6. The highest BCUT2D eigenvalue weighted by molar-refractivity contribution is 7.85. The van der Waals surface area contributed by atoms with Gasteiger partial charge in [0.1, 0.15) is 0 Å². The molecule has 0 aliphatic carbocycles. The first kappa shape index (κ1) is 25.3. The molecule has 0 saturated heterocycles. The van der Waals surface area contributed by atoms with Crippen molar-refractivity contribution in [1.82, 2.24) is 0 Å². The van der Waals surface area contributed by atoms with Crippen molar-refractivity contribution in [3.05, 3.63) is 30.3 Å². The summed E-state index contributed by atoms with van der Waals surface area (Å²) >= 11 is 0. The molecule has 116 valence electrons. The highest BCUT2D eigenvalue weighted by atomic mass is 32.2. The summed E-state index contributed by atoms with van der Waals surface area (Å²) in [6.45, 7) is -0.0289. The van der Waals surface area contributed by atoms with E-state index >= 15 is 0 Å². The predicted octanol–water partition coefficient (Wildman–Crippen LogP) is -2.21. The first-order chi connectivity index (χ1) is 8.26. The van der Waals surface area contributed by atoms with Crippen LogP contribution in [-0.4, -0.2) is 56.1 Å². The van der Waals surface area contributed by atoms with Crippen LogP contribution in [0.25, 0.3) is 0 Å². The van der Waals surface area contributed by atoms with E-state index in [0.29, 0.717) is 0 Å². The first-order valence-corrected chi connectivity index (χ1v) is 5.02. The number of rotatable bonds is 2. The zero-order valence-electron chi connectivity index (χ0n) is 8.80. The van der Waals surface area contributed by atoms with Crippen LogP contribution in [0.2, 0.25) is 0 Å². The van der Waals surface area contributed by atoms with Crippen LogP contribution in [0.1, 0.15) is 0 Å². The zero-order valence-corrected chi connectivity index (χ0v) is 9.61. The van der Waals surface area contributed by atoms with Crippen LogP contribution in [-0.2, 0) is 10.1 Å². The minimum absolute atomic E-state index is 0.0289. The highest BCUT2D eigenvalue weighted by Crippen LogP contribution is 1.74. The largest absolute Gasteiger partial charge is 0.329 e. The summed E-state index contributed by atoms with van der Waals surface area (Å²) in [7, 11) is -3.80. The van der Waals surface area contributed by atoms with Gasteiger partial charge in [-0.25, -0.2) is 0 Å². The average molecular weight is 314 g/mol. The topological polar surface area (TPSA) is 270 Å². The van der Waals surface area contributed by atoms with Gasteiger partial charge < -0.3 is 21.4 Å². The van der Waals surface area contributed by atoms with Crippen molar-refractivity contribution < 1.29 is 43.9 Å². The highest BCUT2D eigenvalue weighted by Gasteiger charge is 1.98. The molecular formula is C2H10N4O12S. The lowest BCUT2D eigenvalue weighted by Crippen LogP contribution is -2.13. The Morgan fingerprint density at radius 1 is 0.895 bits per heavy atom. The summed E-state index contributed by atoms with van der Waals surface area (Å²) in [4.78, 5) is 25.1. The van der Waals surface area contributed by atoms with E-state index in [0.717, 1.165) is 0 Å². The van der Waals surface area contributed by atoms with Crippen LogP contribution >= 0.6 is 0 Å². The normalized spacial score (nSPS) is 8.11. The third-order valence-electron chi connectivity index (χ3n) is 0.376. The summed E-state index contributed by atoms with van der Waals surface area (Å²) in [6.07, 6.45) is 0. The molecule has 0 fully saturated rings. The van der Waals surface area contributed by atoms with Gasteiger partial charge in [0.05, 0.1) is 5.75 Å². The number of hydrogen-bond donors (Lipinski definition) is 5. The Labute approximate surface area is 103 Å². The monoisotopic (exact) mass is 314 g/mol. The fourth-order valence-electron chi connectivity index (χ4n) is 0.149. The molecule has 0 saturated carbocycles. The van der Waals surface area contributed by atoms with E-state index in [4.69, 9.17) is 56.3 Å². The first-order valence-electron chi connectivity index (χ1n) is 3.41. The van der Waals surface area contributed by atoms with E-state index < -0.39 is 25.4 Å². The van der Waals surface area contributed by atoms with Gasteiger partial charge in [0.25, 0.3) is 25.4 Å². The van der Waals surface area contributed by atoms with Crippen molar-refractivity contribution in [2.75, 3.05) is 12.3 Å². The van der Waals surface area contributed by atoms with Gasteiger partial charge in [-0.2, -0.15) is 8.42 Å². The minimum Gasteiger partial charge on any atom is -0.329 e. The van der Waals surface area contributed by atoms with Crippen molar-refractivity contribution in [3.8, 4) is 0 Å². The van der Waals surface area contributed by atoms with E-state index in [2.05, 4.69) is 0 Å². The predicted molar refractivity (Wildman–Crippen MR) is 51.8 cm³/mol. The molecule has 0 aromatic carbocycles. The molecule has 16 nitrogen and oxygen atoms in total. The molecule has 19 heavy (non-hydrogen) atoms. The van der Waals surface area contributed by atoms with E-state index in [9.17, 15) is 8.42 Å². The second-order valence-corrected chi connectivity index (χ2v) is 3.36. The fourth-order valence-corrected chi connectivity index (χ4v) is 0.447. The van der Waals surface area contributed by atoms with Crippen LogP contribution in [0.3, 0.4) is 0 Å². The number of nitrogens with zero attached hydrogens (tertiary/aromatic N) is 3. The van der Waals surface area contributed by atoms with Crippen molar-refractivity contribution in [2.24, 2.45) is 5.73 Å². The molecule has 0 aliphatic heterocycles. The second kappa shape index (κ2) is 15.5. The molecule has 17 heteroatoms. The Morgan fingerprint density at radius 2 is 1.05 bits per heavy atom. The molecule has 0 aliphatic rings. The molecule has 0 heterocycles. The second-order valence-electron chi connectivity index (χ2n) is 1.79. The lowest BCUT2D eigenvalue weighted by atomic mass is 10.8. The van der Waals surface area contributed by atoms with Gasteiger partial charge in [-0.05, 0) is 0 Å². The van der Waals surface area contributed by atoms with Crippen LogP contribution in [0.15, 0.2) is 0 Å². The maximum atomic E-state index is 9.71. The van der Waals surface area contributed by atoms with E-state index in [1.165, 1.54) is 0 Å². The third kappa shape index (κ3) is 1300. The lowest BCUT2D eigenvalue weighted by Gasteiger charge is -1.86. The Kier molecular flexibility index (Phi) is 20.6. The molecule has 0 aromatic rings. The van der Waals surface area contributed by atoms with Crippen molar-refractivity contribution >= 4 is 10.1 Å². The SMILES string of the molecule is NCCS(=O)(=O)O.O=[N+]([O-])O.O=[N+]([O-])O.O=[N+]([O-])O. The molecule has 0 spiro atoms. The van der Waals surface area contributed by atoms with Gasteiger partial charge in [-0.15, -0.1) is 30.3 Å². The van der Waals surface area contributed by atoms with Crippen LogP contribution in [0, 0.1) is 30.3 Å². The maximum absolute atomic E-state index is 9.71. The van der Waals surface area contributed by atoms with Gasteiger partial charge in [-0.1, -0.05) is 0 Å². The van der Waals surface area contributed by atoms with Crippen molar-refractivity contribution in [1.29, 1.82) is 0 Å². The molecule has 0 amide bonds. The number of nitrogens with two attached hydrogens (primary N) is 1. The van der Waals surface area contributed by atoms with Gasteiger partial charge in [0, 0.05) is 6.54 Å². The number of hydrogen-bond acceptors (Lipinski definition) is 9. The summed E-state index contributed by atoms with van der Waals surface area (Å²) < 4.78 is 27.3. The minimum atomic E-state index is -3.80. The molecule has 0 aromatic heterocycles. The smallest absolute Gasteiger partial charge is 0.291 e.